The molecule has 0 spiro atoms. The van der Waals surface area contributed by atoms with E-state index in [4.69, 9.17) is 0 Å². The molecule has 7 nitrogen and oxygen atoms in total. The molecule has 3 N–H and O–H groups in total. The first-order valence-electron chi connectivity index (χ1n) is 9.85. The van der Waals surface area contributed by atoms with Gasteiger partial charge in [-0.2, -0.15) is 18.3 Å². The number of rotatable bonds is 4. The largest absolute Gasteiger partial charge is 0.433 e. The summed E-state index contributed by atoms with van der Waals surface area (Å²) < 4.78 is 40.3. The maximum Gasteiger partial charge on any atom is 0.433 e. The fourth-order valence-corrected chi connectivity index (χ4v) is 3.79. The van der Waals surface area contributed by atoms with Crippen LogP contribution in [-0.2, 0) is 6.18 Å². The van der Waals surface area contributed by atoms with E-state index < -0.39 is 23.4 Å². The number of halogens is 3. The molecular formula is C21H21F3N4O3. The maximum absolute atomic E-state index is 12.8. The standard InChI is InChI=1S/C21H21F3N4O3/c22-21(23,24)18-3-1-2-17(26-18)19(30)25-14-4-5-16-13(10-14)11-28(27-16)15-6-8-20(31,12-29)9-7-15/h1-5,10-11,15,29,31H,6-9,12H2,(H,25,30). The van der Waals surface area contributed by atoms with E-state index in [0.717, 1.165) is 17.5 Å². The predicted octanol–water partition coefficient (Wildman–Crippen LogP) is 3.54. The summed E-state index contributed by atoms with van der Waals surface area (Å²) in [5.41, 5.74) is -1.37. The van der Waals surface area contributed by atoms with Crippen molar-refractivity contribution >= 4 is 22.5 Å². The number of amides is 1. The van der Waals surface area contributed by atoms with Crippen molar-refractivity contribution in [1.29, 1.82) is 0 Å². The van der Waals surface area contributed by atoms with Gasteiger partial charge in [0, 0.05) is 17.3 Å². The third kappa shape index (κ3) is 4.54. The van der Waals surface area contributed by atoms with Crippen LogP contribution in [0.4, 0.5) is 18.9 Å². The fourth-order valence-electron chi connectivity index (χ4n) is 3.79. The maximum atomic E-state index is 12.8. The molecule has 10 heteroatoms. The smallest absolute Gasteiger partial charge is 0.393 e. The number of hydrogen-bond acceptors (Lipinski definition) is 5. The van der Waals surface area contributed by atoms with Crippen molar-refractivity contribution in [1.82, 2.24) is 14.8 Å². The summed E-state index contributed by atoms with van der Waals surface area (Å²) in [5, 5.41) is 27.3. The highest BCUT2D eigenvalue weighted by Gasteiger charge is 2.34. The van der Waals surface area contributed by atoms with E-state index in [-0.39, 0.29) is 18.3 Å². The molecule has 1 aliphatic rings. The number of pyridine rings is 1. The summed E-state index contributed by atoms with van der Waals surface area (Å²) in [7, 11) is 0. The van der Waals surface area contributed by atoms with E-state index in [1.54, 1.807) is 18.2 Å². The van der Waals surface area contributed by atoms with Crippen molar-refractivity contribution < 1.29 is 28.2 Å². The van der Waals surface area contributed by atoms with E-state index in [0.29, 0.717) is 36.9 Å². The zero-order valence-electron chi connectivity index (χ0n) is 16.4. The van der Waals surface area contributed by atoms with Crippen molar-refractivity contribution in [2.75, 3.05) is 11.9 Å². The predicted molar refractivity (Wildman–Crippen MR) is 106 cm³/mol. The summed E-state index contributed by atoms with van der Waals surface area (Å²) in [6.07, 6.45) is -0.478. The number of alkyl halides is 3. The van der Waals surface area contributed by atoms with Gasteiger partial charge in [0.05, 0.1) is 23.8 Å². The van der Waals surface area contributed by atoms with Crippen LogP contribution in [0, 0.1) is 0 Å². The number of nitrogens with zero attached hydrogens (tertiary/aromatic N) is 3. The van der Waals surface area contributed by atoms with Crippen LogP contribution >= 0.6 is 0 Å². The molecule has 4 rings (SSSR count). The average molecular weight is 434 g/mol. The molecule has 3 aromatic rings. The van der Waals surface area contributed by atoms with Crippen molar-refractivity contribution in [3.05, 3.63) is 54.0 Å². The molecule has 1 aliphatic carbocycles. The Kier molecular flexibility index (Phi) is 5.44. The molecule has 1 aromatic carbocycles. The quantitative estimate of drug-likeness (QED) is 0.583. The third-order valence-corrected chi connectivity index (χ3v) is 5.61. The van der Waals surface area contributed by atoms with Gasteiger partial charge in [0.2, 0.25) is 0 Å². The number of aromatic nitrogens is 3. The number of aliphatic hydroxyl groups excluding tert-OH is 1. The SMILES string of the molecule is O=C(Nc1ccc2nn(C3CCC(O)(CO)CC3)cc2c1)c1cccc(C(F)(F)F)n1. The summed E-state index contributed by atoms with van der Waals surface area (Å²) in [4.78, 5) is 15.8. The van der Waals surface area contributed by atoms with Gasteiger partial charge in [-0.25, -0.2) is 4.98 Å². The lowest BCUT2D eigenvalue weighted by atomic mass is 9.83. The number of nitrogens with one attached hydrogen (secondary N) is 1. The van der Waals surface area contributed by atoms with Gasteiger partial charge in [0.1, 0.15) is 11.4 Å². The van der Waals surface area contributed by atoms with Gasteiger partial charge in [0.25, 0.3) is 5.91 Å². The number of aliphatic hydroxyl groups is 2. The zero-order valence-corrected chi connectivity index (χ0v) is 16.4. The van der Waals surface area contributed by atoms with Gasteiger partial charge in [-0.1, -0.05) is 6.07 Å². The minimum atomic E-state index is -4.63. The molecule has 0 atom stereocenters. The Morgan fingerprint density at radius 3 is 2.65 bits per heavy atom. The van der Waals surface area contributed by atoms with E-state index >= 15 is 0 Å². The van der Waals surface area contributed by atoms with Crippen LogP contribution in [0.25, 0.3) is 10.9 Å². The first-order chi connectivity index (χ1) is 14.7. The zero-order chi connectivity index (χ0) is 22.2. The van der Waals surface area contributed by atoms with Gasteiger partial charge >= 0.3 is 6.18 Å². The van der Waals surface area contributed by atoms with Crippen molar-refractivity contribution in [3.8, 4) is 0 Å². The molecule has 1 amide bonds. The summed E-state index contributed by atoms with van der Waals surface area (Å²) in [5.74, 6) is -0.742. The molecule has 1 saturated carbocycles. The Labute approximate surface area is 175 Å². The minimum Gasteiger partial charge on any atom is -0.393 e. The van der Waals surface area contributed by atoms with Crippen LogP contribution in [0.15, 0.2) is 42.6 Å². The Balaban J connectivity index is 1.49. The van der Waals surface area contributed by atoms with Crippen LogP contribution in [0.3, 0.4) is 0 Å². The Bertz CT molecular complexity index is 1100. The van der Waals surface area contributed by atoms with Crippen LogP contribution in [-0.4, -0.2) is 43.1 Å². The number of carbonyl (C=O) groups is 1. The second-order valence-corrected chi connectivity index (χ2v) is 7.86. The Morgan fingerprint density at radius 1 is 1.23 bits per heavy atom. The highest BCUT2D eigenvalue weighted by molar-refractivity contribution is 6.03. The summed E-state index contributed by atoms with van der Waals surface area (Å²) in [6, 6.07) is 8.29. The molecular weight excluding hydrogens is 413 g/mol. The Morgan fingerprint density at radius 2 is 1.97 bits per heavy atom. The van der Waals surface area contributed by atoms with Gasteiger partial charge in [0.15, 0.2) is 0 Å². The van der Waals surface area contributed by atoms with Crippen LogP contribution < -0.4 is 5.32 Å². The van der Waals surface area contributed by atoms with Crippen molar-refractivity contribution in [2.24, 2.45) is 0 Å². The van der Waals surface area contributed by atoms with Crippen molar-refractivity contribution in [3.63, 3.8) is 0 Å². The molecule has 2 heterocycles. The van der Waals surface area contributed by atoms with Crippen LogP contribution in [0.2, 0.25) is 0 Å². The monoisotopic (exact) mass is 434 g/mol. The second kappa shape index (κ2) is 7.93. The van der Waals surface area contributed by atoms with E-state index in [9.17, 15) is 28.2 Å². The number of carbonyl (C=O) groups excluding carboxylic acids is 1. The van der Waals surface area contributed by atoms with E-state index in [2.05, 4.69) is 15.4 Å². The molecule has 0 bridgehead atoms. The summed E-state index contributed by atoms with van der Waals surface area (Å²) >= 11 is 0. The summed E-state index contributed by atoms with van der Waals surface area (Å²) in [6.45, 7) is -0.259. The van der Waals surface area contributed by atoms with Gasteiger partial charge in [-0.05, 0) is 56.0 Å². The third-order valence-electron chi connectivity index (χ3n) is 5.61. The second-order valence-electron chi connectivity index (χ2n) is 7.86. The highest BCUT2D eigenvalue weighted by Crippen LogP contribution is 2.35. The molecule has 31 heavy (non-hydrogen) atoms. The number of hydrogen-bond donors (Lipinski definition) is 3. The normalized spacial score (nSPS) is 21.9. The van der Waals surface area contributed by atoms with E-state index in [1.165, 1.54) is 6.07 Å². The number of anilines is 1. The molecule has 0 unspecified atom stereocenters. The molecule has 164 valence electrons. The van der Waals surface area contributed by atoms with Crippen LogP contribution in [0.1, 0.15) is 47.9 Å². The first-order valence-corrected chi connectivity index (χ1v) is 9.85. The lowest BCUT2D eigenvalue weighted by Gasteiger charge is -2.34. The highest BCUT2D eigenvalue weighted by atomic mass is 19.4. The Hall–Kier alpha value is -2.98. The molecule has 0 radical (unpaired) electrons. The lowest BCUT2D eigenvalue weighted by molar-refractivity contribution is -0.141. The average Bonchev–Trinajstić information content (AvgIpc) is 3.17. The number of fused-ring (bicyclic) bond motifs is 1. The first kappa shape index (κ1) is 21.3. The molecule has 0 aliphatic heterocycles. The lowest BCUT2D eigenvalue weighted by Crippen LogP contribution is -2.38. The number of benzene rings is 1. The van der Waals surface area contributed by atoms with Crippen molar-refractivity contribution in [2.45, 2.75) is 43.5 Å². The molecule has 1 fully saturated rings. The molecule has 0 saturated heterocycles. The van der Waals surface area contributed by atoms with Gasteiger partial charge in [-0.15, -0.1) is 0 Å². The molecule has 2 aromatic heterocycles. The van der Waals surface area contributed by atoms with Gasteiger partial charge < -0.3 is 15.5 Å². The van der Waals surface area contributed by atoms with Crippen LogP contribution in [0.5, 0.6) is 0 Å². The van der Waals surface area contributed by atoms with Gasteiger partial charge in [-0.3, -0.25) is 9.48 Å². The fraction of sp³-hybridized carbons (Fsp3) is 0.381. The minimum absolute atomic E-state index is 0.0894. The van der Waals surface area contributed by atoms with E-state index in [1.807, 2.05) is 10.9 Å². The topological polar surface area (TPSA) is 100 Å².